The molecule has 5 heterocycles. The summed E-state index contributed by atoms with van der Waals surface area (Å²) in [5, 5.41) is 0. The molecular weight excluding hydrogens is 258 g/mol. The lowest BCUT2D eigenvalue weighted by Crippen LogP contribution is -2.64. The van der Waals surface area contributed by atoms with Crippen LogP contribution in [0.15, 0.2) is 67.0 Å². The third-order valence-electron chi connectivity index (χ3n) is 4.61. The SMILES string of the molecule is c1cc[n+]2c(c1)-c1cccc3[n+]1C(C2)C[n+]1ccccc1-3. The van der Waals surface area contributed by atoms with Crippen LogP contribution in [0.2, 0.25) is 0 Å². The van der Waals surface area contributed by atoms with Crippen LogP contribution in [0.25, 0.3) is 22.8 Å². The molecule has 2 aliphatic heterocycles. The van der Waals surface area contributed by atoms with Gasteiger partial charge in [-0.3, -0.25) is 0 Å². The maximum atomic E-state index is 2.52. The molecule has 0 saturated carbocycles. The van der Waals surface area contributed by atoms with E-state index in [1.165, 1.54) is 22.8 Å². The molecule has 0 fully saturated rings. The molecular formula is C18H16N3+3. The molecule has 0 atom stereocenters. The van der Waals surface area contributed by atoms with Gasteiger partial charge in [-0.05, 0) is 18.2 Å². The summed E-state index contributed by atoms with van der Waals surface area (Å²) in [5.74, 6) is 0. The second kappa shape index (κ2) is 3.98. The number of rotatable bonds is 0. The van der Waals surface area contributed by atoms with Gasteiger partial charge in [0.2, 0.25) is 13.1 Å². The summed E-state index contributed by atoms with van der Waals surface area (Å²) in [6, 6.07) is 20.0. The summed E-state index contributed by atoms with van der Waals surface area (Å²) in [6.45, 7) is 2.07. The van der Waals surface area contributed by atoms with Crippen molar-refractivity contribution in [2.75, 3.05) is 0 Å². The van der Waals surface area contributed by atoms with Crippen molar-refractivity contribution in [1.82, 2.24) is 0 Å². The van der Waals surface area contributed by atoms with Gasteiger partial charge < -0.3 is 0 Å². The van der Waals surface area contributed by atoms with Crippen LogP contribution in [0.5, 0.6) is 0 Å². The topological polar surface area (TPSA) is 11.6 Å². The maximum absolute atomic E-state index is 2.52. The van der Waals surface area contributed by atoms with E-state index in [1.54, 1.807) is 0 Å². The molecule has 3 aromatic heterocycles. The van der Waals surface area contributed by atoms with Crippen molar-refractivity contribution in [1.29, 1.82) is 0 Å². The number of hydrogen-bond donors (Lipinski definition) is 0. The summed E-state index contributed by atoms with van der Waals surface area (Å²) in [6.07, 6.45) is 4.38. The van der Waals surface area contributed by atoms with Crippen molar-refractivity contribution in [3.63, 3.8) is 0 Å². The minimum absolute atomic E-state index is 0.482. The van der Waals surface area contributed by atoms with Crippen LogP contribution in [-0.4, -0.2) is 0 Å². The van der Waals surface area contributed by atoms with Gasteiger partial charge in [-0.15, -0.1) is 0 Å². The summed E-state index contributed by atoms with van der Waals surface area (Å²) < 4.78 is 7.27. The molecule has 3 aromatic rings. The van der Waals surface area contributed by atoms with E-state index in [-0.39, 0.29) is 0 Å². The zero-order chi connectivity index (χ0) is 13.8. The Kier molecular flexibility index (Phi) is 2.11. The van der Waals surface area contributed by atoms with Crippen molar-refractivity contribution in [2.24, 2.45) is 0 Å². The minimum atomic E-state index is 0.482. The van der Waals surface area contributed by atoms with Crippen molar-refractivity contribution in [3.05, 3.63) is 67.0 Å². The summed E-state index contributed by atoms with van der Waals surface area (Å²) in [5.41, 5.74) is 5.25. The van der Waals surface area contributed by atoms with Crippen LogP contribution in [-0.2, 0) is 13.1 Å². The van der Waals surface area contributed by atoms with Gasteiger partial charge in [-0.1, -0.05) is 0 Å². The van der Waals surface area contributed by atoms with Crippen LogP contribution in [0.3, 0.4) is 0 Å². The molecule has 0 saturated heterocycles. The molecule has 0 N–H and O–H groups in total. The van der Waals surface area contributed by atoms with E-state index in [0.717, 1.165) is 13.1 Å². The number of fused-ring (bicyclic) bond motifs is 4. The average Bonchev–Trinajstić information content (AvgIpc) is 2.55. The van der Waals surface area contributed by atoms with E-state index >= 15 is 0 Å². The number of nitrogens with zero attached hydrogens (tertiary/aromatic N) is 3. The first kappa shape index (κ1) is 11.1. The Morgan fingerprint density at radius 3 is 1.71 bits per heavy atom. The van der Waals surface area contributed by atoms with E-state index in [4.69, 9.17) is 0 Å². The van der Waals surface area contributed by atoms with Gasteiger partial charge >= 0.3 is 0 Å². The molecule has 21 heavy (non-hydrogen) atoms. The first-order chi connectivity index (χ1) is 10.4. The molecule has 2 aliphatic rings. The highest BCUT2D eigenvalue weighted by molar-refractivity contribution is 5.53. The second-order valence-corrected chi connectivity index (χ2v) is 5.80. The number of pyridine rings is 3. The first-order valence-corrected chi connectivity index (χ1v) is 7.44. The van der Waals surface area contributed by atoms with Crippen molar-refractivity contribution < 1.29 is 13.7 Å². The van der Waals surface area contributed by atoms with Gasteiger partial charge in [0, 0.05) is 36.4 Å². The van der Waals surface area contributed by atoms with Crippen LogP contribution in [0.1, 0.15) is 6.04 Å². The minimum Gasteiger partial charge on any atom is -0.186 e. The predicted molar refractivity (Wildman–Crippen MR) is 76.9 cm³/mol. The zero-order valence-electron chi connectivity index (χ0n) is 11.7. The van der Waals surface area contributed by atoms with E-state index in [9.17, 15) is 0 Å². The molecule has 3 heteroatoms. The normalized spacial score (nSPS) is 15.0. The molecule has 0 aromatic carbocycles. The van der Waals surface area contributed by atoms with Crippen LogP contribution in [0, 0.1) is 0 Å². The number of hydrogen-bond acceptors (Lipinski definition) is 0. The molecule has 5 rings (SSSR count). The lowest BCUT2D eigenvalue weighted by molar-refractivity contribution is -0.862. The monoisotopic (exact) mass is 274 g/mol. The Morgan fingerprint density at radius 1 is 0.619 bits per heavy atom. The van der Waals surface area contributed by atoms with Gasteiger partial charge in [0.05, 0.1) is 0 Å². The molecule has 0 amide bonds. The van der Waals surface area contributed by atoms with Crippen molar-refractivity contribution in [3.8, 4) is 22.8 Å². The Labute approximate surface area is 123 Å². The highest BCUT2D eigenvalue weighted by Crippen LogP contribution is 2.25. The quantitative estimate of drug-likeness (QED) is 0.550. The second-order valence-electron chi connectivity index (χ2n) is 5.80. The smallest absolute Gasteiger partial charge is 0.186 e. The lowest BCUT2D eigenvalue weighted by Gasteiger charge is -2.21. The van der Waals surface area contributed by atoms with Crippen LogP contribution in [0.4, 0.5) is 0 Å². The van der Waals surface area contributed by atoms with E-state index in [1.807, 2.05) is 0 Å². The molecule has 0 radical (unpaired) electrons. The van der Waals surface area contributed by atoms with Gasteiger partial charge in [0.15, 0.2) is 12.4 Å². The van der Waals surface area contributed by atoms with Gasteiger partial charge in [-0.25, -0.2) is 0 Å². The van der Waals surface area contributed by atoms with Crippen LogP contribution >= 0.6 is 0 Å². The van der Waals surface area contributed by atoms with Crippen molar-refractivity contribution in [2.45, 2.75) is 19.1 Å². The summed E-state index contributed by atoms with van der Waals surface area (Å²) >= 11 is 0. The first-order valence-electron chi connectivity index (χ1n) is 7.44. The molecule has 0 spiro atoms. The Bertz CT molecular complexity index is 802. The Hall–Kier alpha value is -2.55. The Morgan fingerprint density at radius 2 is 1.14 bits per heavy atom. The molecule has 0 aliphatic carbocycles. The third kappa shape index (κ3) is 1.46. The molecule has 3 nitrogen and oxygen atoms in total. The van der Waals surface area contributed by atoms with Gasteiger partial charge in [0.1, 0.15) is 0 Å². The largest absolute Gasteiger partial charge is 0.278 e. The highest BCUT2D eigenvalue weighted by Gasteiger charge is 2.46. The maximum Gasteiger partial charge on any atom is 0.278 e. The molecule has 0 unspecified atom stereocenters. The van der Waals surface area contributed by atoms with Gasteiger partial charge in [0.25, 0.3) is 28.8 Å². The van der Waals surface area contributed by atoms with E-state index < -0.39 is 0 Å². The fraction of sp³-hybridized carbons (Fsp3) is 0.167. The fourth-order valence-electron chi connectivity index (χ4n) is 3.74. The fourth-order valence-corrected chi connectivity index (χ4v) is 3.74. The molecule has 0 bridgehead atoms. The van der Waals surface area contributed by atoms with Crippen molar-refractivity contribution >= 4 is 0 Å². The Balaban J connectivity index is 1.86. The van der Waals surface area contributed by atoms with Gasteiger partial charge in [-0.2, -0.15) is 13.7 Å². The molecule has 100 valence electrons. The lowest BCUT2D eigenvalue weighted by atomic mass is 10.0. The highest BCUT2D eigenvalue weighted by atomic mass is 15.2. The zero-order valence-corrected chi connectivity index (χ0v) is 11.7. The summed E-state index contributed by atoms with van der Waals surface area (Å²) in [7, 11) is 0. The summed E-state index contributed by atoms with van der Waals surface area (Å²) in [4.78, 5) is 0. The average molecular weight is 274 g/mol. The van der Waals surface area contributed by atoms with E-state index in [0.29, 0.717) is 6.04 Å². The van der Waals surface area contributed by atoms with Crippen LogP contribution < -0.4 is 13.7 Å². The van der Waals surface area contributed by atoms with E-state index in [2.05, 4.69) is 80.7 Å². The standard InChI is InChI=1S/C18H16N3/c1-3-10-19-12-14-13-20-11-4-2-7-16(20)18-9-5-8-17(21(14)18)15(19)6-1/h1-11,14H,12-13H2/q+3. The number of aromatic nitrogens is 3. The third-order valence-corrected chi connectivity index (χ3v) is 4.61. The predicted octanol–water partition coefficient (Wildman–Crippen LogP) is 1.45.